The third-order valence-electron chi connectivity index (χ3n) is 4.45. The minimum atomic E-state index is -0.528. The maximum absolute atomic E-state index is 12.7. The van der Waals surface area contributed by atoms with Crippen LogP contribution in [0.3, 0.4) is 0 Å². The summed E-state index contributed by atoms with van der Waals surface area (Å²) in [7, 11) is 0. The van der Waals surface area contributed by atoms with E-state index in [2.05, 4.69) is 27.3 Å². The standard InChI is InChI=1S/C21H18BrN3O2S/c1-2-27-18-8-7-15(22)10-13(18)9-14(11-23)20(26)25-21-17(12-24)16-5-3-4-6-19(16)28-21/h7-10H,2-6H2,1H3,(H,25,26)/b14-9+. The third-order valence-corrected chi connectivity index (χ3v) is 6.15. The number of ether oxygens (including phenoxy) is 1. The van der Waals surface area contributed by atoms with Crippen LogP contribution in [0.4, 0.5) is 5.00 Å². The van der Waals surface area contributed by atoms with Crippen molar-refractivity contribution in [2.45, 2.75) is 32.6 Å². The van der Waals surface area contributed by atoms with Crippen LogP contribution in [0.25, 0.3) is 6.08 Å². The van der Waals surface area contributed by atoms with Crippen LogP contribution in [0.1, 0.15) is 41.3 Å². The van der Waals surface area contributed by atoms with Crippen molar-refractivity contribution in [1.82, 2.24) is 0 Å². The number of amides is 1. The molecule has 7 heteroatoms. The number of anilines is 1. The van der Waals surface area contributed by atoms with Gasteiger partial charge in [0.2, 0.25) is 0 Å². The van der Waals surface area contributed by atoms with E-state index in [0.29, 0.717) is 28.5 Å². The lowest BCUT2D eigenvalue weighted by Gasteiger charge is -2.09. The Labute approximate surface area is 176 Å². The first-order chi connectivity index (χ1) is 13.6. The van der Waals surface area contributed by atoms with Crippen molar-refractivity contribution in [2.24, 2.45) is 0 Å². The molecule has 5 nitrogen and oxygen atoms in total. The fourth-order valence-corrected chi connectivity index (χ4v) is 4.78. The molecular formula is C21H18BrN3O2S. The molecule has 0 aliphatic heterocycles. The predicted molar refractivity (Wildman–Crippen MR) is 113 cm³/mol. The molecule has 1 aliphatic rings. The Morgan fingerprint density at radius 2 is 2.14 bits per heavy atom. The van der Waals surface area contributed by atoms with E-state index in [9.17, 15) is 15.3 Å². The summed E-state index contributed by atoms with van der Waals surface area (Å²) in [6, 6.07) is 9.59. The molecule has 1 heterocycles. The quantitative estimate of drug-likeness (QED) is 0.495. The molecule has 0 fully saturated rings. The zero-order valence-corrected chi connectivity index (χ0v) is 17.7. The SMILES string of the molecule is CCOc1ccc(Br)cc1/C=C(\C#N)C(=O)Nc1sc2c(c1C#N)CCCC2. The molecule has 0 saturated heterocycles. The third kappa shape index (κ3) is 4.27. The molecule has 0 bridgehead atoms. The van der Waals surface area contributed by atoms with Gasteiger partial charge in [-0.2, -0.15) is 10.5 Å². The largest absolute Gasteiger partial charge is 0.493 e. The highest BCUT2D eigenvalue weighted by molar-refractivity contribution is 9.10. The molecule has 0 radical (unpaired) electrons. The van der Waals surface area contributed by atoms with Crippen molar-refractivity contribution >= 4 is 44.3 Å². The summed E-state index contributed by atoms with van der Waals surface area (Å²) in [5.41, 5.74) is 2.16. The molecule has 1 aromatic heterocycles. The molecule has 1 amide bonds. The summed E-state index contributed by atoms with van der Waals surface area (Å²) in [5.74, 6) is 0.0653. The first-order valence-electron chi connectivity index (χ1n) is 8.97. The van der Waals surface area contributed by atoms with Gasteiger partial charge >= 0.3 is 0 Å². The van der Waals surface area contributed by atoms with Gasteiger partial charge in [0.1, 0.15) is 28.5 Å². The van der Waals surface area contributed by atoms with E-state index in [1.807, 2.05) is 19.1 Å². The van der Waals surface area contributed by atoms with Gasteiger partial charge in [-0.1, -0.05) is 15.9 Å². The fourth-order valence-electron chi connectivity index (χ4n) is 3.17. The molecule has 0 atom stereocenters. The molecule has 0 spiro atoms. The Kier molecular flexibility index (Phi) is 6.51. The Balaban J connectivity index is 1.91. The Morgan fingerprint density at radius 3 is 2.86 bits per heavy atom. The zero-order valence-electron chi connectivity index (χ0n) is 15.3. The van der Waals surface area contributed by atoms with Crippen LogP contribution in [0.5, 0.6) is 5.75 Å². The summed E-state index contributed by atoms with van der Waals surface area (Å²) in [5, 5.41) is 22.4. The van der Waals surface area contributed by atoms with E-state index in [1.165, 1.54) is 17.4 Å². The van der Waals surface area contributed by atoms with Crippen molar-refractivity contribution < 1.29 is 9.53 Å². The number of hydrogen-bond acceptors (Lipinski definition) is 5. The van der Waals surface area contributed by atoms with Gasteiger partial charge in [-0.25, -0.2) is 0 Å². The number of carbonyl (C=O) groups excluding carboxylic acids is 1. The minimum Gasteiger partial charge on any atom is -0.493 e. The number of nitriles is 2. The van der Waals surface area contributed by atoms with E-state index in [4.69, 9.17) is 4.74 Å². The van der Waals surface area contributed by atoms with E-state index < -0.39 is 5.91 Å². The average Bonchev–Trinajstić information content (AvgIpc) is 3.04. The number of thiophene rings is 1. The number of rotatable bonds is 5. The molecule has 0 saturated carbocycles. The Morgan fingerprint density at radius 1 is 1.36 bits per heavy atom. The lowest BCUT2D eigenvalue weighted by Crippen LogP contribution is -2.13. The number of hydrogen-bond donors (Lipinski definition) is 1. The average molecular weight is 456 g/mol. The molecule has 1 aliphatic carbocycles. The summed E-state index contributed by atoms with van der Waals surface area (Å²) in [4.78, 5) is 13.9. The van der Waals surface area contributed by atoms with Gasteiger partial charge in [0.05, 0.1) is 12.2 Å². The van der Waals surface area contributed by atoms with Crippen LogP contribution in [0, 0.1) is 22.7 Å². The highest BCUT2D eigenvalue weighted by atomic mass is 79.9. The number of aryl methyl sites for hydroxylation is 1. The van der Waals surface area contributed by atoms with Crippen LogP contribution < -0.4 is 10.1 Å². The Hall–Kier alpha value is -2.61. The molecule has 0 unspecified atom stereocenters. The highest BCUT2D eigenvalue weighted by Gasteiger charge is 2.22. The van der Waals surface area contributed by atoms with Gasteiger partial charge in [0.25, 0.3) is 5.91 Å². The molecule has 28 heavy (non-hydrogen) atoms. The van der Waals surface area contributed by atoms with Crippen molar-refractivity contribution in [3.8, 4) is 17.9 Å². The fraction of sp³-hybridized carbons (Fsp3) is 0.286. The van der Waals surface area contributed by atoms with Crippen molar-refractivity contribution in [3.05, 3.63) is 49.8 Å². The van der Waals surface area contributed by atoms with Crippen molar-refractivity contribution in [2.75, 3.05) is 11.9 Å². The van der Waals surface area contributed by atoms with Gasteiger partial charge in [-0.15, -0.1) is 11.3 Å². The van der Waals surface area contributed by atoms with Crippen LogP contribution in [-0.2, 0) is 17.6 Å². The van der Waals surface area contributed by atoms with Crippen molar-refractivity contribution in [1.29, 1.82) is 10.5 Å². The minimum absolute atomic E-state index is 0.0469. The topological polar surface area (TPSA) is 85.9 Å². The smallest absolute Gasteiger partial charge is 0.266 e. The maximum atomic E-state index is 12.7. The summed E-state index contributed by atoms with van der Waals surface area (Å²) < 4.78 is 6.40. The first-order valence-corrected chi connectivity index (χ1v) is 10.6. The van der Waals surface area contributed by atoms with Crippen molar-refractivity contribution in [3.63, 3.8) is 0 Å². The number of fused-ring (bicyclic) bond motifs is 1. The highest BCUT2D eigenvalue weighted by Crippen LogP contribution is 2.37. The van der Waals surface area contributed by atoms with E-state index in [1.54, 1.807) is 12.1 Å². The number of carbonyl (C=O) groups is 1. The van der Waals surface area contributed by atoms with Crippen LogP contribution in [0.2, 0.25) is 0 Å². The summed E-state index contributed by atoms with van der Waals surface area (Å²) in [6.07, 6.45) is 5.45. The van der Waals surface area contributed by atoms with E-state index >= 15 is 0 Å². The number of nitrogens with zero attached hydrogens (tertiary/aromatic N) is 2. The summed E-state index contributed by atoms with van der Waals surface area (Å²) in [6.45, 7) is 2.35. The second-order valence-corrected chi connectivity index (χ2v) is 8.29. The molecule has 1 aromatic carbocycles. The lowest BCUT2D eigenvalue weighted by molar-refractivity contribution is -0.112. The second-order valence-electron chi connectivity index (χ2n) is 6.27. The van der Waals surface area contributed by atoms with Gasteiger partial charge in [-0.05, 0) is 62.4 Å². The normalized spacial score (nSPS) is 13.2. The zero-order chi connectivity index (χ0) is 20.1. The van der Waals surface area contributed by atoms with Gasteiger partial charge < -0.3 is 10.1 Å². The number of halogens is 1. The van der Waals surface area contributed by atoms with Crippen LogP contribution in [0.15, 0.2) is 28.2 Å². The maximum Gasteiger partial charge on any atom is 0.266 e. The molecule has 1 N–H and O–H groups in total. The van der Waals surface area contributed by atoms with E-state index in [0.717, 1.165) is 40.6 Å². The first kappa shape index (κ1) is 20.1. The van der Waals surface area contributed by atoms with Crippen LogP contribution >= 0.6 is 27.3 Å². The summed E-state index contributed by atoms with van der Waals surface area (Å²) >= 11 is 4.84. The predicted octanol–water partition coefficient (Wildman–Crippen LogP) is 5.21. The molecule has 3 rings (SSSR count). The lowest BCUT2D eigenvalue weighted by atomic mass is 9.96. The van der Waals surface area contributed by atoms with Gasteiger partial charge in [0.15, 0.2) is 0 Å². The van der Waals surface area contributed by atoms with Gasteiger partial charge in [0, 0.05) is 14.9 Å². The van der Waals surface area contributed by atoms with Crippen LogP contribution in [-0.4, -0.2) is 12.5 Å². The second kappa shape index (κ2) is 9.05. The monoisotopic (exact) mass is 455 g/mol. The van der Waals surface area contributed by atoms with E-state index in [-0.39, 0.29) is 5.57 Å². The Bertz CT molecular complexity index is 1030. The van der Waals surface area contributed by atoms with Gasteiger partial charge in [-0.3, -0.25) is 4.79 Å². The molecule has 2 aromatic rings. The molecule has 142 valence electrons. The number of nitrogens with one attached hydrogen (secondary N) is 1. The number of benzene rings is 1. The molecular weight excluding hydrogens is 438 g/mol.